The molecule has 1 fully saturated rings. The lowest BCUT2D eigenvalue weighted by Crippen LogP contribution is -2.49. The minimum atomic E-state index is 0.681. The molecule has 4 heteroatoms. The molecule has 1 aromatic rings. The van der Waals surface area contributed by atoms with Crippen molar-refractivity contribution in [2.24, 2.45) is 0 Å². The minimum absolute atomic E-state index is 0.681. The molecule has 0 spiro atoms. The summed E-state index contributed by atoms with van der Waals surface area (Å²) in [4.78, 5) is 5.11. The molecule has 20 heavy (non-hydrogen) atoms. The molecule has 0 atom stereocenters. The van der Waals surface area contributed by atoms with E-state index < -0.39 is 0 Å². The first-order chi connectivity index (χ1) is 9.66. The molecule has 1 aliphatic heterocycles. The summed E-state index contributed by atoms with van der Waals surface area (Å²) in [5.74, 6) is 1.01. The van der Waals surface area contributed by atoms with Crippen molar-refractivity contribution in [3.8, 4) is 5.75 Å². The van der Waals surface area contributed by atoms with Crippen molar-refractivity contribution in [2.45, 2.75) is 26.3 Å². The number of halogens is 1. The summed E-state index contributed by atoms with van der Waals surface area (Å²) in [5, 5.41) is 0. The first-order valence-electron chi connectivity index (χ1n) is 7.50. The molecule has 1 aliphatic rings. The monoisotopic (exact) mass is 388 g/mol. The zero-order valence-electron chi connectivity index (χ0n) is 12.5. The molecule has 0 N–H and O–H groups in total. The van der Waals surface area contributed by atoms with Gasteiger partial charge in [0.25, 0.3) is 0 Å². The maximum Gasteiger partial charge on any atom is 0.132 e. The van der Waals surface area contributed by atoms with Gasteiger partial charge in [0.1, 0.15) is 5.75 Å². The van der Waals surface area contributed by atoms with E-state index in [1.165, 1.54) is 29.7 Å². The summed E-state index contributed by atoms with van der Waals surface area (Å²) < 4.78 is 7.03. The summed E-state index contributed by atoms with van der Waals surface area (Å²) in [6.07, 6.45) is 1.10. The summed E-state index contributed by atoms with van der Waals surface area (Å²) in [6.45, 7) is 11.3. The van der Waals surface area contributed by atoms with Crippen LogP contribution < -0.4 is 4.74 Å². The van der Waals surface area contributed by atoms with Gasteiger partial charge in [-0.1, -0.05) is 12.1 Å². The van der Waals surface area contributed by atoms with Gasteiger partial charge in [0.05, 0.1) is 10.2 Å². The van der Waals surface area contributed by atoms with Crippen molar-refractivity contribution in [2.75, 3.05) is 39.3 Å². The molecule has 0 bridgehead atoms. The van der Waals surface area contributed by atoms with Crippen LogP contribution in [0.2, 0.25) is 0 Å². The van der Waals surface area contributed by atoms with Crippen LogP contribution in [-0.4, -0.2) is 55.2 Å². The Hall–Kier alpha value is -0.330. The first kappa shape index (κ1) is 16.0. The molecule has 1 heterocycles. The predicted molar refractivity (Wildman–Crippen MR) is 92.4 cm³/mol. The van der Waals surface area contributed by atoms with Gasteiger partial charge in [-0.15, -0.1) is 0 Å². The van der Waals surface area contributed by atoms with Crippen LogP contribution in [0.3, 0.4) is 0 Å². The third-order valence-electron chi connectivity index (χ3n) is 3.85. The number of hydrogen-bond acceptors (Lipinski definition) is 3. The van der Waals surface area contributed by atoms with Crippen molar-refractivity contribution in [3.63, 3.8) is 0 Å². The molecule has 2 rings (SSSR count). The standard InChI is InChI=1S/C16H25IN2O/c1-14(2)19-11-9-18(10-12-19)8-5-13-20-16-7-4-3-6-15(16)17/h3-4,6-7,14H,5,8-13H2,1-2H3. The second-order valence-corrected chi connectivity index (χ2v) is 6.77. The van der Waals surface area contributed by atoms with Crippen LogP contribution in [-0.2, 0) is 0 Å². The van der Waals surface area contributed by atoms with Gasteiger partial charge in [-0.2, -0.15) is 0 Å². The Morgan fingerprint density at radius 1 is 1.15 bits per heavy atom. The summed E-state index contributed by atoms with van der Waals surface area (Å²) in [6, 6.07) is 8.89. The molecule has 0 aromatic heterocycles. The molecule has 0 aliphatic carbocycles. The number of hydrogen-bond donors (Lipinski definition) is 0. The predicted octanol–water partition coefficient (Wildman–Crippen LogP) is 3.09. The Morgan fingerprint density at radius 3 is 2.50 bits per heavy atom. The maximum absolute atomic E-state index is 5.84. The molecule has 3 nitrogen and oxygen atoms in total. The van der Waals surface area contributed by atoms with Crippen LogP contribution in [0.4, 0.5) is 0 Å². The van der Waals surface area contributed by atoms with E-state index in [4.69, 9.17) is 4.74 Å². The van der Waals surface area contributed by atoms with Crippen LogP contribution in [0.25, 0.3) is 0 Å². The number of nitrogens with zero attached hydrogens (tertiary/aromatic N) is 2. The molecular weight excluding hydrogens is 363 g/mol. The minimum Gasteiger partial charge on any atom is -0.492 e. The SMILES string of the molecule is CC(C)N1CCN(CCCOc2ccccc2I)CC1. The highest BCUT2D eigenvalue weighted by Gasteiger charge is 2.18. The lowest BCUT2D eigenvalue weighted by molar-refractivity contribution is 0.104. The van der Waals surface area contributed by atoms with Crippen LogP contribution in [0.15, 0.2) is 24.3 Å². The van der Waals surface area contributed by atoms with Gasteiger partial charge in [-0.3, -0.25) is 4.90 Å². The molecule has 1 saturated heterocycles. The molecule has 0 radical (unpaired) electrons. The Morgan fingerprint density at radius 2 is 1.85 bits per heavy atom. The second-order valence-electron chi connectivity index (χ2n) is 5.60. The lowest BCUT2D eigenvalue weighted by Gasteiger charge is -2.36. The van der Waals surface area contributed by atoms with Crippen molar-refractivity contribution in [1.82, 2.24) is 9.80 Å². The van der Waals surface area contributed by atoms with Gasteiger partial charge in [0.2, 0.25) is 0 Å². The number of benzene rings is 1. The topological polar surface area (TPSA) is 15.7 Å². The zero-order valence-corrected chi connectivity index (χ0v) is 14.7. The molecule has 112 valence electrons. The molecular formula is C16H25IN2O. The van der Waals surface area contributed by atoms with Crippen LogP contribution in [0.5, 0.6) is 5.75 Å². The van der Waals surface area contributed by atoms with Crippen molar-refractivity contribution < 1.29 is 4.74 Å². The third kappa shape index (κ3) is 4.90. The molecule has 0 unspecified atom stereocenters. The summed E-state index contributed by atoms with van der Waals surface area (Å²) in [5.41, 5.74) is 0. The maximum atomic E-state index is 5.84. The third-order valence-corrected chi connectivity index (χ3v) is 4.74. The quantitative estimate of drug-likeness (QED) is 0.550. The van der Waals surface area contributed by atoms with Gasteiger partial charge >= 0.3 is 0 Å². The van der Waals surface area contributed by atoms with E-state index in [0.29, 0.717) is 6.04 Å². The molecule has 1 aromatic carbocycles. The normalized spacial score (nSPS) is 17.6. The summed E-state index contributed by atoms with van der Waals surface area (Å²) in [7, 11) is 0. The number of para-hydroxylation sites is 1. The van der Waals surface area contributed by atoms with Crippen LogP contribution in [0, 0.1) is 3.57 Å². The van der Waals surface area contributed by atoms with Gasteiger partial charge in [-0.25, -0.2) is 0 Å². The number of ether oxygens (including phenoxy) is 1. The average Bonchev–Trinajstić information content (AvgIpc) is 2.46. The van der Waals surface area contributed by atoms with Gasteiger partial charge < -0.3 is 9.64 Å². The van der Waals surface area contributed by atoms with E-state index in [9.17, 15) is 0 Å². The highest BCUT2D eigenvalue weighted by atomic mass is 127. The van der Waals surface area contributed by atoms with Gasteiger partial charge in [0.15, 0.2) is 0 Å². The van der Waals surface area contributed by atoms with E-state index in [0.717, 1.165) is 25.3 Å². The average molecular weight is 388 g/mol. The number of rotatable bonds is 6. The highest BCUT2D eigenvalue weighted by Crippen LogP contribution is 2.19. The van der Waals surface area contributed by atoms with Gasteiger partial charge in [-0.05, 0) is 55.0 Å². The summed E-state index contributed by atoms with van der Waals surface area (Å²) >= 11 is 2.32. The van der Waals surface area contributed by atoms with E-state index in [-0.39, 0.29) is 0 Å². The first-order valence-corrected chi connectivity index (χ1v) is 8.58. The van der Waals surface area contributed by atoms with E-state index >= 15 is 0 Å². The highest BCUT2D eigenvalue weighted by molar-refractivity contribution is 14.1. The Labute approximate surface area is 136 Å². The Bertz CT molecular complexity index is 403. The van der Waals surface area contributed by atoms with Gasteiger partial charge in [0, 0.05) is 38.8 Å². The zero-order chi connectivity index (χ0) is 14.4. The largest absolute Gasteiger partial charge is 0.492 e. The van der Waals surface area contributed by atoms with Crippen LogP contribution in [0.1, 0.15) is 20.3 Å². The fourth-order valence-electron chi connectivity index (χ4n) is 2.54. The lowest BCUT2D eigenvalue weighted by atomic mass is 10.2. The van der Waals surface area contributed by atoms with E-state index in [2.05, 4.69) is 52.3 Å². The van der Waals surface area contributed by atoms with Crippen LogP contribution >= 0.6 is 22.6 Å². The van der Waals surface area contributed by atoms with Crippen molar-refractivity contribution >= 4 is 22.6 Å². The van der Waals surface area contributed by atoms with Crippen molar-refractivity contribution in [1.29, 1.82) is 0 Å². The second kappa shape index (κ2) is 8.20. The fraction of sp³-hybridized carbons (Fsp3) is 0.625. The number of piperazine rings is 1. The Balaban J connectivity index is 1.62. The Kier molecular flexibility index (Phi) is 6.58. The molecule has 0 saturated carbocycles. The smallest absolute Gasteiger partial charge is 0.132 e. The van der Waals surface area contributed by atoms with E-state index in [1.807, 2.05) is 18.2 Å². The van der Waals surface area contributed by atoms with Crippen molar-refractivity contribution in [3.05, 3.63) is 27.8 Å². The van der Waals surface area contributed by atoms with E-state index in [1.54, 1.807) is 0 Å². The fourth-order valence-corrected chi connectivity index (χ4v) is 3.08. The molecule has 0 amide bonds.